The number of hydrogen-bond donors (Lipinski definition) is 1. The van der Waals surface area contributed by atoms with Gasteiger partial charge in [0.05, 0.1) is 4.92 Å². The first kappa shape index (κ1) is 18.5. The lowest BCUT2D eigenvalue weighted by molar-refractivity contribution is -0.384. The lowest BCUT2D eigenvalue weighted by Gasteiger charge is -2.24. The van der Waals surface area contributed by atoms with Crippen LogP contribution < -0.4 is 14.8 Å². The van der Waals surface area contributed by atoms with Gasteiger partial charge in [-0.05, 0) is 24.3 Å². The molecular formula is C17H13ClN2O7. The van der Waals surface area contributed by atoms with E-state index in [-0.39, 0.29) is 23.0 Å². The number of halogens is 1. The van der Waals surface area contributed by atoms with Crippen LogP contribution >= 0.6 is 11.6 Å². The Morgan fingerprint density at radius 1 is 1.26 bits per heavy atom. The Labute approximate surface area is 157 Å². The van der Waals surface area contributed by atoms with Crippen molar-refractivity contribution in [3.63, 3.8) is 0 Å². The Hall–Kier alpha value is -3.33. The van der Waals surface area contributed by atoms with E-state index in [4.69, 9.17) is 25.8 Å². The molecule has 0 saturated carbocycles. The molecule has 1 aliphatic rings. The minimum Gasteiger partial charge on any atom is -0.485 e. The fourth-order valence-electron chi connectivity index (χ4n) is 2.29. The summed E-state index contributed by atoms with van der Waals surface area (Å²) in [5, 5.41) is 13.2. The van der Waals surface area contributed by atoms with Crippen LogP contribution in [-0.4, -0.2) is 36.1 Å². The number of rotatable bonds is 5. The van der Waals surface area contributed by atoms with E-state index < -0.39 is 29.5 Å². The minimum atomic E-state index is -0.996. The summed E-state index contributed by atoms with van der Waals surface area (Å²) < 4.78 is 15.8. The number of anilines is 1. The predicted octanol–water partition coefficient (Wildman–Crippen LogP) is 2.57. The van der Waals surface area contributed by atoms with Gasteiger partial charge in [-0.3, -0.25) is 14.9 Å². The zero-order chi connectivity index (χ0) is 19.4. The lowest BCUT2D eigenvalue weighted by atomic mass is 10.2. The average molecular weight is 393 g/mol. The second-order valence-electron chi connectivity index (χ2n) is 5.44. The molecule has 3 rings (SSSR count). The highest BCUT2D eigenvalue weighted by molar-refractivity contribution is 6.32. The Balaban J connectivity index is 1.53. The molecule has 2 aromatic carbocycles. The van der Waals surface area contributed by atoms with Crippen molar-refractivity contribution in [2.45, 2.75) is 6.10 Å². The molecule has 0 aromatic heterocycles. The third-order valence-electron chi connectivity index (χ3n) is 3.54. The largest absolute Gasteiger partial charge is 0.485 e. The van der Waals surface area contributed by atoms with Crippen LogP contribution in [0.25, 0.3) is 0 Å². The highest BCUT2D eigenvalue weighted by Gasteiger charge is 2.29. The zero-order valence-corrected chi connectivity index (χ0v) is 14.5. The second-order valence-corrected chi connectivity index (χ2v) is 5.85. The number of ether oxygens (including phenoxy) is 3. The van der Waals surface area contributed by atoms with Gasteiger partial charge in [-0.1, -0.05) is 23.7 Å². The van der Waals surface area contributed by atoms with Crippen LogP contribution in [0, 0.1) is 10.1 Å². The molecule has 1 heterocycles. The van der Waals surface area contributed by atoms with E-state index in [2.05, 4.69) is 5.32 Å². The molecule has 2 aromatic rings. The van der Waals surface area contributed by atoms with Gasteiger partial charge in [0.15, 0.2) is 18.1 Å². The van der Waals surface area contributed by atoms with Crippen molar-refractivity contribution in [3.8, 4) is 11.5 Å². The normalized spacial score (nSPS) is 14.9. The minimum absolute atomic E-state index is 0.0408. The van der Waals surface area contributed by atoms with Crippen molar-refractivity contribution in [2.24, 2.45) is 0 Å². The predicted molar refractivity (Wildman–Crippen MR) is 94.0 cm³/mol. The van der Waals surface area contributed by atoms with E-state index in [1.165, 1.54) is 12.1 Å². The molecule has 9 nitrogen and oxygen atoms in total. The zero-order valence-electron chi connectivity index (χ0n) is 13.7. The van der Waals surface area contributed by atoms with Gasteiger partial charge in [0.25, 0.3) is 11.6 Å². The first-order valence-electron chi connectivity index (χ1n) is 7.73. The number of nitrogens with zero attached hydrogens (tertiary/aromatic N) is 1. The Bertz CT molecular complexity index is 903. The summed E-state index contributed by atoms with van der Waals surface area (Å²) in [6.45, 7) is -0.627. The molecule has 0 bridgehead atoms. The smallest absolute Gasteiger partial charge is 0.351 e. The van der Waals surface area contributed by atoms with Crippen molar-refractivity contribution >= 4 is 34.9 Å². The molecule has 1 aliphatic heterocycles. The number of esters is 1. The number of hydrogen-bond acceptors (Lipinski definition) is 7. The van der Waals surface area contributed by atoms with E-state index in [0.717, 1.165) is 6.07 Å². The molecule has 0 spiro atoms. The van der Waals surface area contributed by atoms with Gasteiger partial charge in [0.1, 0.15) is 11.6 Å². The fourth-order valence-corrected chi connectivity index (χ4v) is 2.48. The van der Waals surface area contributed by atoms with Crippen molar-refractivity contribution in [1.29, 1.82) is 0 Å². The number of carbonyl (C=O) groups is 2. The molecule has 1 N–H and O–H groups in total. The van der Waals surface area contributed by atoms with E-state index in [9.17, 15) is 19.7 Å². The average Bonchev–Trinajstić information content (AvgIpc) is 2.67. The summed E-state index contributed by atoms with van der Waals surface area (Å²) in [5.41, 5.74) is -0.198. The summed E-state index contributed by atoms with van der Waals surface area (Å²) in [6, 6.07) is 10.6. The maximum Gasteiger partial charge on any atom is 0.351 e. The monoisotopic (exact) mass is 392 g/mol. The second kappa shape index (κ2) is 7.92. The molecule has 0 unspecified atom stereocenters. The number of amides is 1. The molecule has 0 fully saturated rings. The van der Waals surface area contributed by atoms with Gasteiger partial charge in [-0.2, -0.15) is 0 Å². The van der Waals surface area contributed by atoms with Gasteiger partial charge in [0.2, 0.25) is 6.10 Å². The highest BCUT2D eigenvalue weighted by Crippen LogP contribution is 2.31. The Kier molecular flexibility index (Phi) is 5.41. The third-order valence-corrected chi connectivity index (χ3v) is 3.86. The quantitative estimate of drug-likeness (QED) is 0.472. The van der Waals surface area contributed by atoms with Crippen LogP contribution in [0.5, 0.6) is 11.5 Å². The molecule has 1 amide bonds. The molecule has 0 saturated heterocycles. The topological polar surface area (TPSA) is 117 Å². The number of nitro benzene ring substituents is 1. The number of para-hydroxylation sites is 2. The lowest BCUT2D eigenvalue weighted by Crippen LogP contribution is -2.39. The molecule has 10 heteroatoms. The van der Waals surface area contributed by atoms with Crippen molar-refractivity contribution in [1.82, 2.24) is 0 Å². The van der Waals surface area contributed by atoms with Gasteiger partial charge < -0.3 is 19.5 Å². The molecule has 140 valence electrons. The molecule has 27 heavy (non-hydrogen) atoms. The summed E-state index contributed by atoms with van der Waals surface area (Å²) >= 11 is 5.70. The van der Waals surface area contributed by atoms with Gasteiger partial charge in [0, 0.05) is 11.8 Å². The molecular weight excluding hydrogens is 380 g/mol. The molecule has 1 atom stereocenters. The highest BCUT2D eigenvalue weighted by atomic mass is 35.5. The van der Waals surface area contributed by atoms with Crippen LogP contribution in [0.1, 0.15) is 0 Å². The number of fused-ring (bicyclic) bond motifs is 1. The van der Waals surface area contributed by atoms with Crippen molar-refractivity contribution in [3.05, 3.63) is 57.6 Å². The summed E-state index contributed by atoms with van der Waals surface area (Å²) in [5.74, 6) is -0.508. The fraction of sp³-hybridized carbons (Fsp3) is 0.176. The number of carbonyl (C=O) groups excluding carboxylic acids is 2. The van der Waals surface area contributed by atoms with Crippen molar-refractivity contribution in [2.75, 3.05) is 18.5 Å². The van der Waals surface area contributed by atoms with E-state index in [0.29, 0.717) is 11.5 Å². The SMILES string of the molecule is O=C(COC(=O)[C@@H]1COc2ccccc2O1)Nc1ccc(Cl)c([N+](=O)[O-])c1. The number of benzene rings is 2. The summed E-state index contributed by atoms with van der Waals surface area (Å²) in [6.07, 6.45) is -0.996. The van der Waals surface area contributed by atoms with Crippen LogP contribution in [0.15, 0.2) is 42.5 Å². The third kappa shape index (κ3) is 4.45. The first-order valence-corrected chi connectivity index (χ1v) is 8.11. The van der Waals surface area contributed by atoms with Crippen LogP contribution in [0.2, 0.25) is 5.02 Å². The van der Waals surface area contributed by atoms with Gasteiger partial charge in [-0.15, -0.1) is 0 Å². The van der Waals surface area contributed by atoms with Crippen LogP contribution in [0.3, 0.4) is 0 Å². The van der Waals surface area contributed by atoms with E-state index in [1.54, 1.807) is 24.3 Å². The number of nitrogens with one attached hydrogen (secondary N) is 1. The van der Waals surface area contributed by atoms with E-state index in [1.807, 2.05) is 0 Å². The Morgan fingerprint density at radius 2 is 2.00 bits per heavy atom. The molecule has 0 radical (unpaired) electrons. The van der Waals surface area contributed by atoms with Crippen LogP contribution in [-0.2, 0) is 14.3 Å². The van der Waals surface area contributed by atoms with Gasteiger partial charge >= 0.3 is 5.97 Å². The molecule has 0 aliphatic carbocycles. The van der Waals surface area contributed by atoms with Crippen molar-refractivity contribution < 1.29 is 28.7 Å². The Morgan fingerprint density at radius 3 is 2.74 bits per heavy atom. The van der Waals surface area contributed by atoms with E-state index >= 15 is 0 Å². The first-order chi connectivity index (χ1) is 12.9. The van der Waals surface area contributed by atoms with Crippen LogP contribution in [0.4, 0.5) is 11.4 Å². The summed E-state index contributed by atoms with van der Waals surface area (Å²) in [7, 11) is 0. The summed E-state index contributed by atoms with van der Waals surface area (Å²) in [4.78, 5) is 34.1. The standard InChI is InChI=1S/C17H13ClN2O7/c18-11-6-5-10(7-12(11)20(23)24)19-16(21)9-26-17(22)15-8-25-13-3-1-2-4-14(13)27-15/h1-7,15H,8-9H2,(H,19,21)/t15-/m0/s1. The maximum absolute atomic E-state index is 12.0. The van der Waals surface area contributed by atoms with Gasteiger partial charge in [-0.25, -0.2) is 4.79 Å². The maximum atomic E-state index is 12.0. The number of nitro groups is 1.